The predicted molar refractivity (Wildman–Crippen MR) is 57.7 cm³/mol. The number of halogens is 2. The third kappa shape index (κ3) is 3.01. The summed E-state index contributed by atoms with van der Waals surface area (Å²) < 4.78 is 0. The summed E-state index contributed by atoms with van der Waals surface area (Å²) in [6, 6.07) is 8.87. The fourth-order valence-electron chi connectivity index (χ4n) is 0.984. The van der Waals surface area contributed by atoms with Crippen molar-refractivity contribution in [1.82, 2.24) is 0 Å². The molecule has 0 amide bonds. The van der Waals surface area contributed by atoms with Crippen LogP contribution in [-0.4, -0.2) is 7.42 Å². The molecule has 0 aliphatic rings. The lowest BCUT2D eigenvalue weighted by atomic mass is 10.1. The molecule has 0 saturated heterocycles. The van der Waals surface area contributed by atoms with Gasteiger partial charge < -0.3 is 0 Å². The molecular weight excluding hydrogens is 207 g/mol. The molecule has 63 valence electrons. The molecule has 0 unspecified atom stereocenters. The molecule has 0 nitrogen and oxygen atoms in total. The minimum Gasteiger partial charge on any atom is -0.146 e. The maximum Gasteiger partial charge on any atom is 0.278 e. The lowest BCUT2D eigenvalue weighted by molar-refractivity contribution is 1.38. The molecule has 0 aromatic heterocycles. The fourth-order valence-corrected chi connectivity index (χ4v) is 2.44. The first-order valence-electron chi connectivity index (χ1n) is 3.60. The monoisotopic (exact) mass is 215 g/mol. The van der Waals surface area contributed by atoms with E-state index in [2.05, 4.69) is 12.6 Å². The van der Waals surface area contributed by atoms with E-state index in [-0.39, 0.29) is 0 Å². The van der Waals surface area contributed by atoms with Gasteiger partial charge in [-0.05, 0) is 17.2 Å². The van der Waals surface area contributed by atoms with Gasteiger partial charge in [0.25, 0.3) is 7.42 Å². The van der Waals surface area contributed by atoms with E-state index < -0.39 is 7.42 Å². The van der Waals surface area contributed by atoms with Crippen molar-refractivity contribution in [2.45, 2.75) is 6.04 Å². The average molecular weight is 216 g/mol. The van der Waals surface area contributed by atoms with Gasteiger partial charge in [-0.1, -0.05) is 36.9 Å². The molecule has 0 spiro atoms. The molecule has 1 rings (SSSR count). The maximum atomic E-state index is 5.75. The SMILES string of the molecule is C=Cc1cccc(C[Si](Cl)Cl)c1. The van der Waals surface area contributed by atoms with Crippen LogP contribution in [0.2, 0.25) is 0 Å². The van der Waals surface area contributed by atoms with Gasteiger partial charge in [-0.2, -0.15) is 0 Å². The Morgan fingerprint density at radius 3 is 2.75 bits per heavy atom. The third-order valence-corrected chi connectivity index (χ3v) is 3.00. The quantitative estimate of drug-likeness (QED) is 0.536. The molecule has 0 bridgehead atoms. The Hall–Kier alpha value is -0.243. The summed E-state index contributed by atoms with van der Waals surface area (Å²) >= 11 is 11.5. The Kier molecular flexibility index (Phi) is 3.86. The molecule has 0 atom stereocenters. The number of hydrogen-bond acceptors (Lipinski definition) is 0. The first-order valence-corrected chi connectivity index (χ1v) is 7.33. The van der Waals surface area contributed by atoms with E-state index in [1.807, 2.05) is 24.3 Å². The van der Waals surface area contributed by atoms with Gasteiger partial charge in [-0.3, -0.25) is 0 Å². The lowest BCUT2D eigenvalue weighted by Gasteiger charge is -2.00. The second-order valence-electron chi connectivity index (χ2n) is 2.46. The van der Waals surface area contributed by atoms with E-state index in [0.29, 0.717) is 0 Å². The van der Waals surface area contributed by atoms with E-state index in [0.717, 1.165) is 11.6 Å². The van der Waals surface area contributed by atoms with Crippen LogP contribution in [0.5, 0.6) is 0 Å². The number of hydrogen-bond donors (Lipinski definition) is 0. The zero-order valence-corrected chi connectivity index (χ0v) is 9.07. The smallest absolute Gasteiger partial charge is 0.146 e. The molecule has 0 aliphatic heterocycles. The van der Waals surface area contributed by atoms with Crippen LogP contribution in [0, 0.1) is 0 Å². The molecule has 12 heavy (non-hydrogen) atoms. The van der Waals surface area contributed by atoms with Gasteiger partial charge in [0.05, 0.1) is 0 Å². The lowest BCUT2D eigenvalue weighted by Crippen LogP contribution is -1.99. The second kappa shape index (κ2) is 4.70. The predicted octanol–water partition coefficient (Wildman–Crippen LogP) is 3.38. The summed E-state index contributed by atoms with van der Waals surface area (Å²) in [7, 11) is -1.20. The molecular formula is C9H9Cl2Si. The number of benzene rings is 1. The summed E-state index contributed by atoms with van der Waals surface area (Å²) in [5.74, 6) is 0. The van der Waals surface area contributed by atoms with E-state index >= 15 is 0 Å². The first kappa shape index (κ1) is 9.84. The summed E-state index contributed by atoms with van der Waals surface area (Å²) in [5, 5.41) is 0. The Morgan fingerprint density at radius 2 is 2.17 bits per heavy atom. The Bertz CT molecular complexity index is 271. The van der Waals surface area contributed by atoms with Crippen molar-refractivity contribution in [3.63, 3.8) is 0 Å². The molecule has 0 aliphatic carbocycles. The van der Waals surface area contributed by atoms with Gasteiger partial charge in [-0.15, -0.1) is 22.2 Å². The second-order valence-corrected chi connectivity index (χ2v) is 6.81. The Labute approximate surface area is 83.8 Å². The highest BCUT2D eigenvalue weighted by Crippen LogP contribution is 2.11. The van der Waals surface area contributed by atoms with Crippen molar-refractivity contribution in [2.75, 3.05) is 0 Å². The molecule has 0 N–H and O–H groups in total. The highest BCUT2D eigenvalue weighted by molar-refractivity contribution is 7.33. The first-order chi connectivity index (χ1) is 5.72. The van der Waals surface area contributed by atoms with Crippen LogP contribution in [0.25, 0.3) is 6.08 Å². The highest BCUT2D eigenvalue weighted by atomic mass is 35.7. The van der Waals surface area contributed by atoms with Crippen LogP contribution in [0.4, 0.5) is 0 Å². The molecule has 0 saturated carbocycles. The third-order valence-electron chi connectivity index (χ3n) is 1.52. The average Bonchev–Trinajstić information content (AvgIpc) is 2.03. The molecule has 0 fully saturated rings. The van der Waals surface area contributed by atoms with Crippen molar-refractivity contribution in [3.05, 3.63) is 42.0 Å². The zero-order chi connectivity index (χ0) is 8.97. The van der Waals surface area contributed by atoms with Crippen LogP contribution in [0.1, 0.15) is 11.1 Å². The highest BCUT2D eigenvalue weighted by Gasteiger charge is 2.04. The normalized spacial score (nSPS) is 10.2. The standard InChI is InChI=1S/C9H9Cl2Si/c1-2-8-4-3-5-9(6-8)7-12(10)11/h2-6H,1,7H2. The molecule has 3 heteroatoms. The summed E-state index contributed by atoms with van der Waals surface area (Å²) in [6.07, 6.45) is 1.82. The van der Waals surface area contributed by atoms with Crippen LogP contribution < -0.4 is 0 Å². The minimum absolute atomic E-state index is 0.787. The zero-order valence-electron chi connectivity index (χ0n) is 6.56. The molecule has 1 radical (unpaired) electrons. The van der Waals surface area contributed by atoms with E-state index in [1.54, 1.807) is 0 Å². The molecule has 1 aromatic carbocycles. The fraction of sp³-hybridized carbons (Fsp3) is 0.111. The minimum atomic E-state index is -1.20. The Balaban J connectivity index is 2.79. The summed E-state index contributed by atoms with van der Waals surface area (Å²) in [4.78, 5) is 0. The number of rotatable bonds is 3. The van der Waals surface area contributed by atoms with Gasteiger partial charge >= 0.3 is 0 Å². The van der Waals surface area contributed by atoms with Crippen LogP contribution in [0.15, 0.2) is 30.8 Å². The summed E-state index contributed by atoms with van der Waals surface area (Å²) in [5.41, 5.74) is 2.30. The summed E-state index contributed by atoms with van der Waals surface area (Å²) in [6.45, 7) is 3.69. The Morgan fingerprint density at radius 1 is 1.42 bits per heavy atom. The van der Waals surface area contributed by atoms with E-state index in [1.165, 1.54) is 5.56 Å². The topological polar surface area (TPSA) is 0 Å². The molecule has 1 aromatic rings. The van der Waals surface area contributed by atoms with Gasteiger partial charge in [0, 0.05) is 0 Å². The van der Waals surface area contributed by atoms with Gasteiger partial charge in [0.1, 0.15) is 0 Å². The van der Waals surface area contributed by atoms with Crippen molar-refractivity contribution in [3.8, 4) is 0 Å². The maximum absolute atomic E-state index is 5.75. The van der Waals surface area contributed by atoms with E-state index in [4.69, 9.17) is 22.2 Å². The van der Waals surface area contributed by atoms with Crippen molar-refractivity contribution >= 4 is 35.7 Å². The van der Waals surface area contributed by atoms with Crippen molar-refractivity contribution in [2.24, 2.45) is 0 Å². The van der Waals surface area contributed by atoms with Crippen molar-refractivity contribution < 1.29 is 0 Å². The van der Waals surface area contributed by atoms with Crippen LogP contribution >= 0.6 is 22.2 Å². The van der Waals surface area contributed by atoms with Crippen LogP contribution in [0.3, 0.4) is 0 Å². The largest absolute Gasteiger partial charge is 0.278 e. The van der Waals surface area contributed by atoms with Crippen LogP contribution in [-0.2, 0) is 6.04 Å². The molecule has 0 heterocycles. The van der Waals surface area contributed by atoms with Crippen molar-refractivity contribution in [1.29, 1.82) is 0 Å². The van der Waals surface area contributed by atoms with Gasteiger partial charge in [0.15, 0.2) is 0 Å². The van der Waals surface area contributed by atoms with Gasteiger partial charge in [-0.25, -0.2) is 0 Å². The van der Waals surface area contributed by atoms with Gasteiger partial charge in [0.2, 0.25) is 0 Å². The van der Waals surface area contributed by atoms with E-state index in [9.17, 15) is 0 Å².